The van der Waals surface area contributed by atoms with Gasteiger partial charge in [0.1, 0.15) is 11.5 Å². The van der Waals surface area contributed by atoms with Crippen molar-refractivity contribution in [3.8, 4) is 0 Å². The van der Waals surface area contributed by atoms with Crippen LogP contribution in [0.5, 0.6) is 0 Å². The van der Waals surface area contributed by atoms with Crippen molar-refractivity contribution in [3.05, 3.63) is 53.6 Å². The Morgan fingerprint density at radius 3 is 2.67 bits per heavy atom. The number of halogens is 1. The fourth-order valence-corrected chi connectivity index (χ4v) is 4.53. The van der Waals surface area contributed by atoms with E-state index in [0.717, 1.165) is 57.5 Å². The Morgan fingerprint density at radius 2 is 2.00 bits per heavy atom. The molecule has 2 fully saturated rings. The minimum absolute atomic E-state index is 0.0271. The number of carbonyl (C=O) groups excluding carboxylic acids is 1. The second-order valence-corrected chi connectivity index (χ2v) is 8.50. The molecule has 1 amide bonds. The average molecular weight is 415 g/mol. The van der Waals surface area contributed by atoms with Gasteiger partial charge in [0.2, 0.25) is 0 Å². The fourth-order valence-electron chi connectivity index (χ4n) is 4.53. The molecule has 0 saturated carbocycles. The van der Waals surface area contributed by atoms with Crippen molar-refractivity contribution in [3.63, 3.8) is 0 Å². The van der Waals surface area contributed by atoms with Crippen LogP contribution < -0.4 is 0 Å². The molecule has 4 rings (SSSR count). The van der Waals surface area contributed by atoms with Crippen molar-refractivity contribution in [1.82, 2.24) is 19.6 Å². The van der Waals surface area contributed by atoms with Gasteiger partial charge in [-0.2, -0.15) is 5.10 Å². The minimum atomic E-state index is -0.135. The Balaban J connectivity index is 1.35. The summed E-state index contributed by atoms with van der Waals surface area (Å²) in [4.78, 5) is 17.5. The third-order valence-corrected chi connectivity index (χ3v) is 6.31. The number of piperidine rings is 1. The summed E-state index contributed by atoms with van der Waals surface area (Å²) in [6, 6.07) is 8.78. The molecule has 2 aliphatic rings. The van der Waals surface area contributed by atoms with Crippen LogP contribution in [0.3, 0.4) is 0 Å². The van der Waals surface area contributed by atoms with Crippen LogP contribution in [0, 0.1) is 11.7 Å². The Hall–Kier alpha value is -2.25. The molecule has 0 spiro atoms. The maximum atomic E-state index is 14.0. The Labute approximate surface area is 177 Å². The van der Waals surface area contributed by atoms with Gasteiger partial charge in [0, 0.05) is 45.0 Å². The quantitative estimate of drug-likeness (QED) is 0.699. The minimum Gasteiger partial charge on any atom is -0.376 e. The number of hydrogen-bond donors (Lipinski definition) is 0. The van der Waals surface area contributed by atoms with Gasteiger partial charge in [0.05, 0.1) is 6.10 Å². The maximum Gasteiger partial charge on any atom is 0.272 e. The first-order valence-corrected chi connectivity index (χ1v) is 10.9. The molecule has 1 aromatic carbocycles. The predicted octanol–water partition coefficient (Wildman–Crippen LogP) is 3.09. The van der Waals surface area contributed by atoms with Crippen LogP contribution in [0.4, 0.5) is 4.39 Å². The molecule has 1 atom stereocenters. The van der Waals surface area contributed by atoms with Crippen LogP contribution in [0.2, 0.25) is 0 Å². The summed E-state index contributed by atoms with van der Waals surface area (Å²) in [5, 5.41) is 4.16. The number of likely N-dealkylation sites (tertiary alicyclic amines) is 1. The van der Waals surface area contributed by atoms with Crippen molar-refractivity contribution in [2.45, 2.75) is 38.3 Å². The zero-order chi connectivity index (χ0) is 20.9. The first-order chi connectivity index (χ1) is 14.6. The second-order valence-electron chi connectivity index (χ2n) is 8.50. The molecule has 0 radical (unpaired) electrons. The molecule has 162 valence electrons. The molecule has 2 aromatic rings. The molecule has 3 heterocycles. The third-order valence-electron chi connectivity index (χ3n) is 6.31. The van der Waals surface area contributed by atoms with Crippen molar-refractivity contribution in [2.75, 3.05) is 32.8 Å². The molecule has 7 heteroatoms. The number of nitrogens with zero attached hydrogens (tertiary/aromatic N) is 4. The fraction of sp³-hybridized carbons (Fsp3) is 0.565. The highest BCUT2D eigenvalue weighted by Gasteiger charge is 2.29. The lowest BCUT2D eigenvalue weighted by Crippen LogP contribution is -2.44. The van der Waals surface area contributed by atoms with E-state index in [1.54, 1.807) is 30.1 Å². The number of hydrogen-bond acceptors (Lipinski definition) is 4. The number of ether oxygens (including phenoxy) is 1. The Bertz CT molecular complexity index is 841. The highest BCUT2D eigenvalue weighted by atomic mass is 19.1. The second kappa shape index (κ2) is 9.71. The number of amides is 1. The summed E-state index contributed by atoms with van der Waals surface area (Å²) >= 11 is 0. The van der Waals surface area contributed by atoms with Gasteiger partial charge >= 0.3 is 0 Å². The van der Waals surface area contributed by atoms with Crippen LogP contribution in [0.25, 0.3) is 0 Å². The topological polar surface area (TPSA) is 50.6 Å². The smallest absolute Gasteiger partial charge is 0.272 e. The number of benzene rings is 1. The maximum absolute atomic E-state index is 14.0. The molecule has 0 unspecified atom stereocenters. The van der Waals surface area contributed by atoms with Gasteiger partial charge in [0.15, 0.2) is 0 Å². The lowest BCUT2D eigenvalue weighted by atomic mass is 9.95. The van der Waals surface area contributed by atoms with E-state index in [-0.39, 0.29) is 17.8 Å². The molecule has 1 aromatic heterocycles. The summed E-state index contributed by atoms with van der Waals surface area (Å²) < 4.78 is 21.4. The molecule has 2 saturated heterocycles. The van der Waals surface area contributed by atoms with Crippen LogP contribution in [0.1, 0.15) is 41.7 Å². The van der Waals surface area contributed by atoms with E-state index >= 15 is 0 Å². The van der Waals surface area contributed by atoms with E-state index in [4.69, 9.17) is 4.74 Å². The monoisotopic (exact) mass is 414 g/mol. The summed E-state index contributed by atoms with van der Waals surface area (Å²) in [6.45, 7) is 4.65. The molecule has 0 N–H and O–H groups in total. The van der Waals surface area contributed by atoms with Crippen LogP contribution >= 0.6 is 0 Å². The van der Waals surface area contributed by atoms with E-state index in [1.807, 2.05) is 17.0 Å². The number of aryl methyl sites for hydroxylation is 1. The Kier molecular flexibility index (Phi) is 6.79. The van der Waals surface area contributed by atoms with E-state index < -0.39 is 0 Å². The first kappa shape index (κ1) is 21.0. The normalized spacial score (nSPS) is 20.5. The molecular weight excluding hydrogens is 383 g/mol. The SMILES string of the molecule is Cn1nccc1C(=O)N(CC1CCN(Cc2ccccc2F)CC1)C[C@@H]1CCCO1. The standard InChI is InChI=1S/C23H31FN4O2/c1-26-22(8-11-25-26)23(29)28(17-20-6-4-14-30-20)15-18-9-12-27(13-10-18)16-19-5-2-3-7-21(19)24/h2-3,5,7-8,11,18,20H,4,6,9-10,12-17H2,1H3/t20-/m0/s1. The van der Waals surface area contributed by atoms with Crippen LogP contribution in [-0.2, 0) is 18.3 Å². The van der Waals surface area contributed by atoms with Crippen molar-refractivity contribution < 1.29 is 13.9 Å². The van der Waals surface area contributed by atoms with Crippen molar-refractivity contribution in [1.29, 1.82) is 0 Å². The highest BCUT2D eigenvalue weighted by molar-refractivity contribution is 5.92. The first-order valence-electron chi connectivity index (χ1n) is 10.9. The lowest BCUT2D eigenvalue weighted by molar-refractivity contribution is 0.0436. The number of carbonyl (C=O) groups is 1. The van der Waals surface area contributed by atoms with Gasteiger partial charge in [-0.1, -0.05) is 18.2 Å². The van der Waals surface area contributed by atoms with Crippen molar-refractivity contribution >= 4 is 5.91 Å². The molecule has 0 bridgehead atoms. The van der Waals surface area contributed by atoms with E-state index in [2.05, 4.69) is 10.00 Å². The molecule has 6 nitrogen and oxygen atoms in total. The number of aromatic nitrogens is 2. The summed E-state index contributed by atoms with van der Waals surface area (Å²) in [6.07, 6.45) is 5.88. The lowest BCUT2D eigenvalue weighted by Gasteiger charge is -2.35. The number of rotatable bonds is 7. The highest BCUT2D eigenvalue weighted by Crippen LogP contribution is 2.23. The third kappa shape index (κ3) is 5.08. The van der Waals surface area contributed by atoms with E-state index in [9.17, 15) is 9.18 Å². The Morgan fingerprint density at radius 1 is 1.20 bits per heavy atom. The molecule has 0 aliphatic carbocycles. The predicted molar refractivity (Wildman–Crippen MR) is 112 cm³/mol. The average Bonchev–Trinajstić information content (AvgIpc) is 3.42. The largest absolute Gasteiger partial charge is 0.376 e. The van der Waals surface area contributed by atoms with Gasteiger partial charge in [0.25, 0.3) is 5.91 Å². The molecule has 30 heavy (non-hydrogen) atoms. The van der Waals surface area contributed by atoms with E-state index in [1.165, 1.54) is 6.07 Å². The summed E-state index contributed by atoms with van der Waals surface area (Å²) in [5.74, 6) is 0.337. The van der Waals surface area contributed by atoms with Gasteiger partial charge in [-0.25, -0.2) is 4.39 Å². The van der Waals surface area contributed by atoms with Gasteiger partial charge in [-0.05, 0) is 56.8 Å². The molecular formula is C23H31FN4O2. The zero-order valence-corrected chi connectivity index (χ0v) is 17.7. The zero-order valence-electron chi connectivity index (χ0n) is 17.7. The van der Waals surface area contributed by atoms with Gasteiger partial charge in [-0.3, -0.25) is 14.4 Å². The van der Waals surface area contributed by atoms with Crippen molar-refractivity contribution in [2.24, 2.45) is 13.0 Å². The summed E-state index contributed by atoms with van der Waals surface area (Å²) in [5.41, 5.74) is 1.37. The van der Waals surface area contributed by atoms with E-state index in [0.29, 0.717) is 24.7 Å². The van der Waals surface area contributed by atoms with Crippen LogP contribution in [0.15, 0.2) is 36.5 Å². The summed E-state index contributed by atoms with van der Waals surface area (Å²) in [7, 11) is 1.80. The molecule has 2 aliphatic heterocycles. The van der Waals surface area contributed by atoms with Gasteiger partial charge < -0.3 is 9.64 Å². The van der Waals surface area contributed by atoms with Gasteiger partial charge in [-0.15, -0.1) is 0 Å². The van der Waals surface area contributed by atoms with Crippen LogP contribution in [-0.4, -0.2) is 64.4 Å².